The van der Waals surface area contributed by atoms with Crippen LogP contribution in [0.15, 0.2) is 54.6 Å². The van der Waals surface area contributed by atoms with Gasteiger partial charge in [0.25, 0.3) is 0 Å². The number of nitrogens with one attached hydrogen (secondary N) is 1. The van der Waals surface area contributed by atoms with Crippen LogP contribution in [0.1, 0.15) is 37.8 Å². The Morgan fingerprint density at radius 1 is 1.18 bits per heavy atom. The lowest BCUT2D eigenvalue weighted by atomic mass is 9.58. The molecule has 0 spiro atoms. The fourth-order valence-corrected chi connectivity index (χ4v) is 6.67. The van der Waals surface area contributed by atoms with Crippen molar-refractivity contribution in [3.05, 3.63) is 65.7 Å². The van der Waals surface area contributed by atoms with E-state index < -0.39 is 5.41 Å². The van der Waals surface area contributed by atoms with Gasteiger partial charge in [0.1, 0.15) is 11.5 Å². The highest BCUT2D eigenvalue weighted by molar-refractivity contribution is 5.89. The summed E-state index contributed by atoms with van der Waals surface area (Å²) in [6.45, 7) is 9.28. The molecule has 2 aromatic rings. The van der Waals surface area contributed by atoms with Crippen LogP contribution in [0.3, 0.4) is 0 Å². The van der Waals surface area contributed by atoms with Gasteiger partial charge in [-0.05, 0) is 66.3 Å². The number of hydrogen-bond donors (Lipinski definition) is 3. The van der Waals surface area contributed by atoms with Crippen molar-refractivity contribution >= 4 is 5.78 Å². The fourth-order valence-electron chi connectivity index (χ4n) is 6.67. The topological polar surface area (TPSA) is 78.8 Å². The van der Waals surface area contributed by atoms with Gasteiger partial charge in [-0.15, -0.1) is 0 Å². The van der Waals surface area contributed by atoms with E-state index in [0.29, 0.717) is 25.8 Å². The highest BCUT2D eigenvalue weighted by atomic mass is 16.5. The van der Waals surface area contributed by atoms with Gasteiger partial charge in [-0.1, -0.05) is 50.3 Å². The molecular weight excluding hydrogens is 426 g/mol. The molecule has 2 aromatic carbocycles. The number of aliphatic hydroxyl groups excluding tert-OH is 1. The maximum atomic E-state index is 13.9. The van der Waals surface area contributed by atoms with Gasteiger partial charge >= 0.3 is 0 Å². The van der Waals surface area contributed by atoms with E-state index in [-0.39, 0.29) is 41.5 Å². The van der Waals surface area contributed by atoms with Gasteiger partial charge in [0.15, 0.2) is 0 Å². The number of carbonyl (C=O) groups excluding carboxylic acids is 1. The van der Waals surface area contributed by atoms with Crippen molar-refractivity contribution in [3.8, 4) is 16.9 Å². The molecule has 2 saturated carbocycles. The Bertz CT molecular complexity index is 1090. The maximum Gasteiger partial charge on any atom is 0.142 e. The number of methoxy groups -OCH3 is 1. The summed E-state index contributed by atoms with van der Waals surface area (Å²) < 4.78 is 5.91. The molecule has 2 bridgehead atoms. The first kappa shape index (κ1) is 24.6. The molecule has 0 aromatic heterocycles. The zero-order valence-electron chi connectivity index (χ0n) is 20.7. The van der Waals surface area contributed by atoms with Gasteiger partial charge in [-0.3, -0.25) is 4.79 Å². The Morgan fingerprint density at radius 2 is 1.91 bits per heavy atom. The van der Waals surface area contributed by atoms with E-state index in [0.717, 1.165) is 27.8 Å². The molecule has 5 nitrogen and oxygen atoms in total. The molecule has 2 aliphatic rings. The molecule has 0 unspecified atom stereocenters. The molecule has 0 radical (unpaired) electrons. The number of carbonyl (C=O) groups is 1. The van der Waals surface area contributed by atoms with Crippen LogP contribution < -0.4 is 5.32 Å². The fraction of sp³-hybridized carbons (Fsp3) is 0.483. The quantitative estimate of drug-likeness (QED) is 0.477. The zero-order chi connectivity index (χ0) is 24.7. The van der Waals surface area contributed by atoms with Crippen molar-refractivity contribution in [2.45, 2.75) is 45.8 Å². The average Bonchev–Trinajstić information content (AvgIpc) is 3.24. The first-order chi connectivity index (χ1) is 16.2. The van der Waals surface area contributed by atoms with Crippen LogP contribution >= 0.6 is 0 Å². The Labute approximate surface area is 202 Å². The molecule has 182 valence electrons. The van der Waals surface area contributed by atoms with Gasteiger partial charge < -0.3 is 20.3 Å². The van der Waals surface area contributed by atoms with Crippen LogP contribution in [0.25, 0.3) is 11.1 Å². The van der Waals surface area contributed by atoms with E-state index >= 15 is 0 Å². The van der Waals surface area contributed by atoms with Crippen LogP contribution in [-0.4, -0.2) is 42.9 Å². The van der Waals surface area contributed by atoms with Gasteiger partial charge in [-0.2, -0.15) is 0 Å². The van der Waals surface area contributed by atoms with E-state index in [1.165, 1.54) is 0 Å². The molecular formula is C29H37NO4. The first-order valence-corrected chi connectivity index (χ1v) is 12.1. The van der Waals surface area contributed by atoms with Crippen molar-refractivity contribution in [2.24, 2.45) is 22.7 Å². The van der Waals surface area contributed by atoms with Crippen LogP contribution in [0, 0.1) is 22.7 Å². The van der Waals surface area contributed by atoms with Crippen LogP contribution in [0.2, 0.25) is 0 Å². The number of rotatable bonds is 9. The number of ether oxygens (including phenoxy) is 1. The predicted molar refractivity (Wildman–Crippen MR) is 134 cm³/mol. The molecule has 34 heavy (non-hydrogen) atoms. The minimum absolute atomic E-state index is 0.0230. The monoisotopic (exact) mass is 463 g/mol. The lowest BCUT2D eigenvalue weighted by Gasteiger charge is -2.44. The number of aliphatic hydroxyl groups is 1. The second kappa shape index (κ2) is 9.29. The number of benzene rings is 2. The van der Waals surface area contributed by atoms with E-state index in [2.05, 4.69) is 37.9 Å². The molecule has 0 amide bonds. The molecule has 4 rings (SSSR count). The van der Waals surface area contributed by atoms with Crippen LogP contribution in [0.4, 0.5) is 0 Å². The molecule has 2 aliphatic carbocycles. The lowest BCUT2D eigenvalue weighted by molar-refractivity contribution is -0.141. The lowest BCUT2D eigenvalue weighted by Crippen LogP contribution is -2.47. The summed E-state index contributed by atoms with van der Waals surface area (Å²) in [5.41, 5.74) is 4.08. The number of fused-ring (bicyclic) bond motifs is 2. The second-order valence-corrected chi connectivity index (χ2v) is 10.5. The maximum absolute atomic E-state index is 13.9. The normalized spacial score (nSPS) is 27.3. The predicted octanol–water partition coefficient (Wildman–Crippen LogP) is 4.51. The molecule has 3 N–H and O–H groups in total. The first-order valence-electron chi connectivity index (χ1n) is 12.1. The van der Waals surface area contributed by atoms with Crippen molar-refractivity contribution in [3.63, 3.8) is 0 Å². The number of ketones is 1. The number of phenolic OH excluding ortho intramolecular Hbond substituents is 1. The van der Waals surface area contributed by atoms with Crippen molar-refractivity contribution in [1.29, 1.82) is 0 Å². The number of Topliss-reactive ketones (excluding diaryl/α,β-unsaturated/α-hetero) is 1. The summed E-state index contributed by atoms with van der Waals surface area (Å²) in [5.74, 6) is 0.485. The highest BCUT2D eigenvalue weighted by Gasteiger charge is 2.71. The van der Waals surface area contributed by atoms with Crippen LogP contribution in [-0.2, 0) is 22.5 Å². The van der Waals surface area contributed by atoms with Crippen molar-refractivity contribution in [2.75, 3.05) is 20.8 Å². The van der Waals surface area contributed by atoms with E-state index in [4.69, 9.17) is 4.74 Å². The third-order valence-corrected chi connectivity index (χ3v) is 8.47. The van der Waals surface area contributed by atoms with Crippen molar-refractivity contribution in [1.82, 2.24) is 5.32 Å². The van der Waals surface area contributed by atoms with Gasteiger partial charge in [0.2, 0.25) is 0 Å². The van der Waals surface area contributed by atoms with Crippen molar-refractivity contribution < 1.29 is 19.7 Å². The van der Waals surface area contributed by atoms with Gasteiger partial charge in [-0.25, -0.2) is 0 Å². The van der Waals surface area contributed by atoms with Gasteiger partial charge in [0, 0.05) is 38.0 Å². The SMILES string of the molecule is C=C1[C@H]2[C@H](CO)C[C@](C(=O)CCc3cccc(-c4cc(O)cc(CNC)c4)c3)([C@H]2OC)C1(C)C. The number of aryl methyl sites for hydroxylation is 1. The highest BCUT2D eigenvalue weighted by Crippen LogP contribution is 2.69. The number of aromatic hydroxyl groups is 1. The smallest absolute Gasteiger partial charge is 0.142 e. The molecule has 0 heterocycles. The minimum atomic E-state index is -0.651. The Balaban J connectivity index is 1.57. The molecule has 2 fully saturated rings. The summed E-state index contributed by atoms with van der Waals surface area (Å²) >= 11 is 0. The van der Waals surface area contributed by atoms with Crippen LogP contribution in [0.5, 0.6) is 5.75 Å². The molecule has 4 atom stereocenters. The van der Waals surface area contributed by atoms with E-state index in [1.807, 2.05) is 25.2 Å². The summed E-state index contributed by atoms with van der Waals surface area (Å²) in [6, 6.07) is 13.8. The molecule has 0 saturated heterocycles. The largest absolute Gasteiger partial charge is 0.508 e. The minimum Gasteiger partial charge on any atom is -0.508 e. The second-order valence-electron chi connectivity index (χ2n) is 10.5. The number of hydrogen-bond acceptors (Lipinski definition) is 5. The van der Waals surface area contributed by atoms with E-state index in [9.17, 15) is 15.0 Å². The summed E-state index contributed by atoms with van der Waals surface area (Å²) in [4.78, 5) is 13.9. The summed E-state index contributed by atoms with van der Waals surface area (Å²) in [7, 11) is 3.56. The summed E-state index contributed by atoms with van der Waals surface area (Å²) in [6.07, 6.45) is 1.46. The molecule has 5 heteroatoms. The number of phenols is 1. The van der Waals surface area contributed by atoms with Gasteiger partial charge in [0.05, 0.1) is 11.5 Å². The third-order valence-electron chi connectivity index (χ3n) is 8.47. The average molecular weight is 464 g/mol. The standard InChI is InChI=1S/C29H37NO4/c1-18-26-23(17-31)15-29(27(26)34-5,28(18,2)3)25(33)10-9-19-7-6-8-21(11-19)22-12-20(16-30-4)13-24(32)14-22/h6-8,11-14,23,26-27,30-32H,1,9-10,15-17H2,2-5H3/t23-,26-,27-,29-/m0/s1. The Morgan fingerprint density at radius 3 is 2.59 bits per heavy atom. The summed E-state index contributed by atoms with van der Waals surface area (Å²) in [5, 5.41) is 23.3. The zero-order valence-corrected chi connectivity index (χ0v) is 20.7. The van der Waals surface area contributed by atoms with E-state index in [1.54, 1.807) is 19.2 Å². The Hall–Kier alpha value is -2.47. The Kier molecular flexibility index (Phi) is 6.74. The third kappa shape index (κ3) is 3.80. The molecule has 0 aliphatic heterocycles.